The molecule has 1 saturated heterocycles. The standard InChI is InChI=1S/C21H25ClN6O4/c1-27-19(16(11-24-27)21(31)25-17-7-4-14(22)10-23-17)26-20(30)13-2-5-15(6-3-13)28-8-9-32-12-18(28)29/h4,7,10-11,13,15H,2-3,5-6,8-9,12H2,1H3,(H,26,30)(H,23,25,31)/t13-,15-. The van der Waals surface area contributed by atoms with Crippen molar-refractivity contribution in [3.8, 4) is 0 Å². The van der Waals surface area contributed by atoms with Crippen LogP contribution in [0.1, 0.15) is 36.0 Å². The second-order valence-corrected chi connectivity index (χ2v) is 8.42. The number of aromatic nitrogens is 3. The van der Waals surface area contributed by atoms with E-state index < -0.39 is 5.91 Å². The van der Waals surface area contributed by atoms with Crippen LogP contribution in [0.25, 0.3) is 0 Å². The fraction of sp³-hybridized carbons (Fsp3) is 0.476. The maximum atomic E-state index is 12.9. The predicted octanol–water partition coefficient (Wildman–Crippen LogP) is 2.08. The molecule has 0 spiro atoms. The van der Waals surface area contributed by atoms with Gasteiger partial charge in [0, 0.05) is 31.7 Å². The Morgan fingerprint density at radius 1 is 1.16 bits per heavy atom. The molecule has 1 saturated carbocycles. The third-order valence-corrected chi connectivity index (χ3v) is 6.15. The molecule has 2 N–H and O–H groups in total. The number of anilines is 2. The molecule has 11 heteroatoms. The van der Waals surface area contributed by atoms with Crippen LogP contribution in [-0.4, -0.2) is 63.2 Å². The van der Waals surface area contributed by atoms with Gasteiger partial charge in [-0.05, 0) is 37.8 Å². The van der Waals surface area contributed by atoms with Gasteiger partial charge in [-0.1, -0.05) is 11.6 Å². The molecule has 4 rings (SSSR count). The van der Waals surface area contributed by atoms with E-state index in [0.29, 0.717) is 42.7 Å². The third kappa shape index (κ3) is 4.91. The van der Waals surface area contributed by atoms with Crippen molar-refractivity contribution in [2.24, 2.45) is 13.0 Å². The van der Waals surface area contributed by atoms with Crippen LogP contribution in [0.4, 0.5) is 11.6 Å². The van der Waals surface area contributed by atoms with Crippen LogP contribution in [0, 0.1) is 5.92 Å². The Labute approximate surface area is 190 Å². The lowest BCUT2D eigenvalue weighted by Crippen LogP contribution is -2.49. The van der Waals surface area contributed by atoms with Crippen molar-refractivity contribution in [2.75, 3.05) is 30.4 Å². The highest BCUT2D eigenvalue weighted by molar-refractivity contribution is 6.30. The SMILES string of the molecule is Cn1ncc(C(=O)Nc2ccc(Cl)cn2)c1NC(=O)[C@H]1CC[C@H](N2CCOCC2=O)CC1. The Hall–Kier alpha value is -2.98. The second-order valence-electron chi connectivity index (χ2n) is 7.98. The molecule has 1 aliphatic carbocycles. The minimum atomic E-state index is -0.433. The van der Waals surface area contributed by atoms with Crippen LogP contribution < -0.4 is 10.6 Å². The van der Waals surface area contributed by atoms with Crippen molar-refractivity contribution in [3.63, 3.8) is 0 Å². The first-order valence-corrected chi connectivity index (χ1v) is 10.9. The van der Waals surface area contributed by atoms with Crippen molar-refractivity contribution in [1.29, 1.82) is 0 Å². The first kappa shape index (κ1) is 22.2. The molecule has 32 heavy (non-hydrogen) atoms. The quantitative estimate of drug-likeness (QED) is 0.705. The Bertz CT molecular complexity index is 1000. The maximum Gasteiger partial charge on any atom is 0.262 e. The van der Waals surface area contributed by atoms with Crippen molar-refractivity contribution < 1.29 is 19.1 Å². The molecule has 2 aromatic rings. The molecule has 1 aliphatic heterocycles. The van der Waals surface area contributed by atoms with Crippen LogP contribution >= 0.6 is 11.6 Å². The minimum absolute atomic E-state index is 0.0184. The Kier molecular flexibility index (Phi) is 6.71. The zero-order chi connectivity index (χ0) is 22.7. The summed E-state index contributed by atoms with van der Waals surface area (Å²) in [5.41, 5.74) is 0.241. The fourth-order valence-corrected chi connectivity index (χ4v) is 4.28. The lowest BCUT2D eigenvalue weighted by atomic mass is 9.84. The normalized spacial score (nSPS) is 21.3. The summed E-state index contributed by atoms with van der Waals surface area (Å²) in [5, 5.41) is 10.1. The smallest absolute Gasteiger partial charge is 0.262 e. The highest BCUT2D eigenvalue weighted by atomic mass is 35.5. The molecule has 0 radical (unpaired) electrons. The van der Waals surface area contributed by atoms with Crippen LogP contribution in [0.3, 0.4) is 0 Å². The fourth-order valence-electron chi connectivity index (χ4n) is 4.17. The summed E-state index contributed by atoms with van der Waals surface area (Å²) in [6.07, 6.45) is 5.73. The number of nitrogens with zero attached hydrogens (tertiary/aromatic N) is 4. The lowest BCUT2D eigenvalue weighted by molar-refractivity contribution is -0.146. The molecule has 3 amide bonds. The number of halogens is 1. The second kappa shape index (κ2) is 9.66. The van der Waals surface area contributed by atoms with E-state index in [4.69, 9.17) is 16.3 Å². The molecule has 0 bridgehead atoms. The first-order valence-electron chi connectivity index (χ1n) is 10.6. The molecule has 170 valence electrons. The molecule has 0 aromatic carbocycles. The van der Waals surface area contributed by atoms with E-state index in [9.17, 15) is 14.4 Å². The third-order valence-electron chi connectivity index (χ3n) is 5.92. The number of carbonyl (C=O) groups excluding carboxylic acids is 3. The molecule has 0 atom stereocenters. The number of carbonyl (C=O) groups is 3. The largest absolute Gasteiger partial charge is 0.370 e. The van der Waals surface area contributed by atoms with E-state index in [1.807, 2.05) is 4.90 Å². The summed E-state index contributed by atoms with van der Waals surface area (Å²) in [6.45, 7) is 1.30. The van der Waals surface area contributed by atoms with Gasteiger partial charge < -0.3 is 20.3 Å². The van der Waals surface area contributed by atoms with Gasteiger partial charge in [-0.3, -0.25) is 19.1 Å². The number of amides is 3. The van der Waals surface area contributed by atoms with E-state index in [2.05, 4.69) is 20.7 Å². The molecule has 2 aromatic heterocycles. The van der Waals surface area contributed by atoms with E-state index >= 15 is 0 Å². The van der Waals surface area contributed by atoms with E-state index in [-0.39, 0.29) is 35.9 Å². The summed E-state index contributed by atoms with van der Waals surface area (Å²) in [4.78, 5) is 43.6. The molecular weight excluding hydrogens is 436 g/mol. The summed E-state index contributed by atoms with van der Waals surface area (Å²) >= 11 is 5.82. The van der Waals surface area contributed by atoms with Crippen molar-refractivity contribution >= 4 is 41.0 Å². The number of rotatable bonds is 5. The molecule has 3 heterocycles. The Morgan fingerprint density at radius 3 is 2.62 bits per heavy atom. The van der Waals surface area contributed by atoms with Gasteiger partial charge in [-0.2, -0.15) is 5.10 Å². The number of ether oxygens (including phenoxy) is 1. The first-order chi connectivity index (χ1) is 15.4. The molecule has 2 fully saturated rings. The van der Waals surface area contributed by atoms with Gasteiger partial charge in [-0.15, -0.1) is 0 Å². The summed E-state index contributed by atoms with van der Waals surface area (Å²) < 4.78 is 6.66. The number of hydrogen-bond acceptors (Lipinski definition) is 6. The molecule has 0 unspecified atom stereocenters. The Morgan fingerprint density at radius 2 is 1.94 bits per heavy atom. The topological polar surface area (TPSA) is 118 Å². The number of nitrogens with one attached hydrogen (secondary N) is 2. The predicted molar refractivity (Wildman–Crippen MR) is 117 cm³/mol. The maximum absolute atomic E-state index is 12.9. The summed E-state index contributed by atoms with van der Waals surface area (Å²) in [7, 11) is 1.66. The zero-order valence-corrected chi connectivity index (χ0v) is 18.5. The Balaban J connectivity index is 1.36. The average Bonchev–Trinajstić information content (AvgIpc) is 3.16. The van der Waals surface area contributed by atoms with Crippen molar-refractivity contribution in [2.45, 2.75) is 31.7 Å². The van der Waals surface area contributed by atoms with Gasteiger partial charge in [0.2, 0.25) is 11.8 Å². The van der Waals surface area contributed by atoms with Gasteiger partial charge in [-0.25, -0.2) is 4.98 Å². The molecular formula is C21H25ClN6O4. The van der Waals surface area contributed by atoms with E-state index in [0.717, 1.165) is 12.8 Å². The summed E-state index contributed by atoms with van der Waals surface area (Å²) in [5.74, 6) is -0.0868. The van der Waals surface area contributed by atoms with Crippen LogP contribution in [0.5, 0.6) is 0 Å². The van der Waals surface area contributed by atoms with E-state index in [1.54, 1.807) is 19.2 Å². The van der Waals surface area contributed by atoms with Gasteiger partial charge in [0.1, 0.15) is 23.8 Å². The van der Waals surface area contributed by atoms with Crippen LogP contribution in [0.15, 0.2) is 24.5 Å². The molecule has 2 aliphatic rings. The van der Waals surface area contributed by atoms with Gasteiger partial charge in [0.05, 0.1) is 17.8 Å². The zero-order valence-electron chi connectivity index (χ0n) is 17.7. The minimum Gasteiger partial charge on any atom is -0.370 e. The number of aryl methyl sites for hydroxylation is 1. The van der Waals surface area contributed by atoms with Gasteiger partial charge in [0.25, 0.3) is 5.91 Å². The number of pyridine rings is 1. The van der Waals surface area contributed by atoms with Crippen LogP contribution in [-0.2, 0) is 21.4 Å². The van der Waals surface area contributed by atoms with Crippen molar-refractivity contribution in [3.05, 3.63) is 35.1 Å². The average molecular weight is 461 g/mol. The van der Waals surface area contributed by atoms with Crippen molar-refractivity contribution in [1.82, 2.24) is 19.7 Å². The highest BCUT2D eigenvalue weighted by Crippen LogP contribution is 2.30. The monoisotopic (exact) mass is 460 g/mol. The van der Waals surface area contributed by atoms with Gasteiger partial charge in [0.15, 0.2) is 0 Å². The van der Waals surface area contributed by atoms with E-state index in [1.165, 1.54) is 17.1 Å². The lowest BCUT2D eigenvalue weighted by Gasteiger charge is -2.38. The highest BCUT2D eigenvalue weighted by Gasteiger charge is 2.33. The summed E-state index contributed by atoms with van der Waals surface area (Å²) in [6, 6.07) is 3.36. The molecule has 10 nitrogen and oxygen atoms in total. The van der Waals surface area contributed by atoms with Gasteiger partial charge >= 0.3 is 0 Å². The number of morpholine rings is 1. The van der Waals surface area contributed by atoms with Crippen LogP contribution in [0.2, 0.25) is 5.02 Å². The number of hydrogen-bond donors (Lipinski definition) is 2.